The number of carbonyl (C=O) groups is 1. The highest BCUT2D eigenvalue weighted by Crippen LogP contribution is 2.25. The van der Waals surface area contributed by atoms with E-state index in [4.69, 9.17) is 4.42 Å². The van der Waals surface area contributed by atoms with Crippen molar-refractivity contribution >= 4 is 34.6 Å². The number of hydrogen-bond donors (Lipinski definition) is 1. The van der Waals surface area contributed by atoms with Gasteiger partial charge in [-0.3, -0.25) is 14.7 Å². The highest BCUT2D eigenvalue weighted by molar-refractivity contribution is 7.99. The van der Waals surface area contributed by atoms with Gasteiger partial charge in [0.1, 0.15) is 11.1 Å². The van der Waals surface area contributed by atoms with Crippen LogP contribution in [0.2, 0.25) is 0 Å². The van der Waals surface area contributed by atoms with E-state index in [-0.39, 0.29) is 5.56 Å². The molecule has 0 saturated carbocycles. The lowest BCUT2D eigenvalue weighted by molar-refractivity contribution is 0.102. The molecule has 1 N–H and O–H groups in total. The van der Waals surface area contributed by atoms with Crippen molar-refractivity contribution in [3.8, 4) is 0 Å². The van der Waals surface area contributed by atoms with Gasteiger partial charge in [0.05, 0.1) is 0 Å². The van der Waals surface area contributed by atoms with Crippen molar-refractivity contribution in [2.75, 3.05) is 11.1 Å². The zero-order valence-corrected chi connectivity index (χ0v) is 12.8. The van der Waals surface area contributed by atoms with Crippen LogP contribution in [0, 0.1) is 0 Å². The van der Waals surface area contributed by atoms with Crippen molar-refractivity contribution in [1.82, 2.24) is 14.8 Å². The average Bonchev–Trinajstić information content (AvgIpc) is 2.97. The Balaban J connectivity index is 1.68. The molecule has 1 aliphatic rings. The molecule has 116 valence electrons. The van der Waals surface area contributed by atoms with Crippen molar-refractivity contribution in [3.05, 3.63) is 46.3 Å². The average molecular weight is 328 g/mol. The molecule has 0 spiro atoms. The van der Waals surface area contributed by atoms with E-state index in [0.717, 1.165) is 23.9 Å². The van der Waals surface area contributed by atoms with Crippen LogP contribution in [0.15, 0.2) is 44.7 Å². The number of rotatable bonds is 2. The van der Waals surface area contributed by atoms with E-state index in [1.807, 2.05) is 10.6 Å². The largest absolute Gasteiger partial charge is 0.422 e. The van der Waals surface area contributed by atoms with Gasteiger partial charge in [-0.25, -0.2) is 4.79 Å². The number of thioether (sulfide) groups is 1. The molecule has 2 aromatic heterocycles. The molecule has 0 aliphatic carbocycles. The van der Waals surface area contributed by atoms with Crippen molar-refractivity contribution in [1.29, 1.82) is 0 Å². The number of amides is 1. The van der Waals surface area contributed by atoms with Gasteiger partial charge in [0, 0.05) is 17.7 Å². The summed E-state index contributed by atoms with van der Waals surface area (Å²) >= 11 is 1.60. The Kier molecular flexibility index (Phi) is 3.38. The summed E-state index contributed by atoms with van der Waals surface area (Å²) in [5.74, 6) is 0.792. The highest BCUT2D eigenvalue weighted by atomic mass is 32.2. The van der Waals surface area contributed by atoms with Gasteiger partial charge in [0.2, 0.25) is 5.95 Å². The molecule has 0 bridgehead atoms. The molecule has 1 amide bonds. The summed E-state index contributed by atoms with van der Waals surface area (Å²) in [6.45, 7) is 0.747. The summed E-state index contributed by atoms with van der Waals surface area (Å²) in [4.78, 5) is 24.4. The fraction of sp³-hybridized carbons (Fsp3) is 0.200. The molecule has 4 rings (SSSR count). The van der Waals surface area contributed by atoms with Gasteiger partial charge in [0.15, 0.2) is 5.16 Å². The van der Waals surface area contributed by atoms with Gasteiger partial charge in [-0.05, 0) is 18.6 Å². The van der Waals surface area contributed by atoms with Gasteiger partial charge in [-0.2, -0.15) is 0 Å². The fourth-order valence-electron chi connectivity index (χ4n) is 2.46. The van der Waals surface area contributed by atoms with E-state index in [1.165, 1.54) is 6.07 Å². The maximum Gasteiger partial charge on any atom is 0.349 e. The molecule has 3 aromatic rings. The third-order valence-electron chi connectivity index (χ3n) is 3.59. The lowest BCUT2D eigenvalue weighted by Crippen LogP contribution is -2.23. The zero-order chi connectivity index (χ0) is 15.8. The van der Waals surface area contributed by atoms with Gasteiger partial charge >= 0.3 is 5.63 Å². The van der Waals surface area contributed by atoms with Gasteiger partial charge in [-0.15, -0.1) is 10.2 Å². The van der Waals surface area contributed by atoms with Crippen LogP contribution in [0.4, 0.5) is 5.95 Å². The third-order valence-corrected chi connectivity index (χ3v) is 4.64. The van der Waals surface area contributed by atoms with E-state index in [0.29, 0.717) is 16.9 Å². The molecule has 7 nitrogen and oxygen atoms in total. The minimum atomic E-state index is -0.672. The number of para-hydroxylation sites is 1. The number of benzene rings is 1. The quantitative estimate of drug-likeness (QED) is 0.725. The van der Waals surface area contributed by atoms with Crippen LogP contribution in [-0.4, -0.2) is 26.4 Å². The molecular weight excluding hydrogens is 316 g/mol. The zero-order valence-electron chi connectivity index (χ0n) is 12.0. The molecule has 0 fully saturated rings. The molecule has 0 atom stereocenters. The summed E-state index contributed by atoms with van der Waals surface area (Å²) in [6, 6.07) is 8.58. The van der Waals surface area contributed by atoms with Crippen LogP contribution in [0.3, 0.4) is 0 Å². The van der Waals surface area contributed by atoms with Crippen LogP contribution >= 0.6 is 11.8 Å². The van der Waals surface area contributed by atoms with E-state index >= 15 is 0 Å². The Labute approximate surface area is 134 Å². The Morgan fingerprint density at radius 3 is 3.09 bits per heavy atom. The van der Waals surface area contributed by atoms with E-state index < -0.39 is 11.5 Å². The predicted molar refractivity (Wildman–Crippen MR) is 85.8 cm³/mol. The third kappa shape index (κ3) is 2.50. The summed E-state index contributed by atoms with van der Waals surface area (Å²) < 4.78 is 7.02. The van der Waals surface area contributed by atoms with Crippen LogP contribution in [-0.2, 0) is 6.54 Å². The lowest BCUT2D eigenvalue weighted by atomic mass is 10.2. The first-order valence-corrected chi connectivity index (χ1v) is 8.11. The van der Waals surface area contributed by atoms with E-state index in [1.54, 1.807) is 30.0 Å². The van der Waals surface area contributed by atoms with Crippen molar-refractivity contribution in [2.24, 2.45) is 0 Å². The summed E-state index contributed by atoms with van der Waals surface area (Å²) in [7, 11) is 0. The first kappa shape index (κ1) is 14.0. The topological polar surface area (TPSA) is 90.0 Å². The number of fused-ring (bicyclic) bond motifs is 2. The number of nitrogens with zero attached hydrogens (tertiary/aromatic N) is 3. The number of anilines is 1. The lowest BCUT2D eigenvalue weighted by Gasteiger charge is -2.14. The first-order valence-electron chi connectivity index (χ1n) is 7.12. The molecule has 8 heteroatoms. The Hall–Kier alpha value is -2.61. The van der Waals surface area contributed by atoms with E-state index in [2.05, 4.69) is 15.5 Å². The molecule has 3 heterocycles. The molecule has 1 aromatic carbocycles. The Bertz CT molecular complexity index is 963. The maximum atomic E-state index is 12.4. The van der Waals surface area contributed by atoms with Gasteiger partial charge in [0.25, 0.3) is 5.91 Å². The monoisotopic (exact) mass is 328 g/mol. The molecular formula is C15H12N4O3S. The van der Waals surface area contributed by atoms with Crippen LogP contribution in [0.25, 0.3) is 11.0 Å². The van der Waals surface area contributed by atoms with Crippen molar-refractivity contribution < 1.29 is 9.21 Å². The number of nitrogens with one attached hydrogen (secondary N) is 1. The summed E-state index contributed by atoms with van der Waals surface area (Å²) in [5.41, 5.74) is -0.274. The van der Waals surface area contributed by atoms with Crippen LogP contribution in [0.1, 0.15) is 16.8 Å². The molecule has 0 radical (unpaired) electrons. The van der Waals surface area contributed by atoms with Crippen molar-refractivity contribution in [2.45, 2.75) is 18.1 Å². The second-order valence-electron chi connectivity index (χ2n) is 5.10. The second-order valence-corrected chi connectivity index (χ2v) is 6.16. The number of hydrogen-bond acceptors (Lipinski definition) is 6. The SMILES string of the molecule is O=C(Nc1nnc2n1CCCS2)c1cc2ccccc2oc1=O. The van der Waals surface area contributed by atoms with Crippen LogP contribution in [0.5, 0.6) is 0 Å². The molecule has 23 heavy (non-hydrogen) atoms. The molecule has 0 unspecified atom stereocenters. The molecule has 0 saturated heterocycles. The summed E-state index contributed by atoms with van der Waals surface area (Å²) in [5, 5.41) is 12.1. The van der Waals surface area contributed by atoms with Gasteiger partial charge < -0.3 is 4.42 Å². The Morgan fingerprint density at radius 2 is 2.17 bits per heavy atom. The Morgan fingerprint density at radius 1 is 1.30 bits per heavy atom. The summed E-state index contributed by atoms with van der Waals surface area (Å²) in [6.07, 6.45) is 0.983. The van der Waals surface area contributed by atoms with Crippen molar-refractivity contribution in [3.63, 3.8) is 0 Å². The predicted octanol–water partition coefficient (Wildman–Crippen LogP) is 2.13. The first-order chi connectivity index (χ1) is 11.2. The normalized spacial score (nSPS) is 13.7. The minimum Gasteiger partial charge on any atom is -0.422 e. The van der Waals surface area contributed by atoms with Gasteiger partial charge in [-0.1, -0.05) is 30.0 Å². The smallest absolute Gasteiger partial charge is 0.349 e. The maximum absolute atomic E-state index is 12.4. The number of aromatic nitrogens is 3. The number of carbonyl (C=O) groups excluding carboxylic acids is 1. The van der Waals surface area contributed by atoms with E-state index in [9.17, 15) is 9.59 Å². The second kappa shape index (κ2) is 5.54. The molecule has 1 aliphatic heterocycles. The fourth-order valence-corrected chi connectivity index (χ4v) is 3.35. The minimum absolute atomic E-state index is 0.0514. The highest BCUT2D eigenvalue weighted by Gasteiger charge is 2.20. The van der Waals surface area contributed by atoms with Crippen LogP contribution < -0.4 is 10.9 Å². The standard InChI is InChI=1S/C15H12N4O3S/c20-12(16-14-17-18-15-19(14)6-3-7-23-15)10-8-9-4-1-2-5-11(9)22-13(10)21/h1-2,4-5,8H,3,6-7H2,(H,16,17,20).